The van der Waals surface area contributed by atoms with Crippen molar-refractivity contribution in [3.8, 4) is 0 Å². The van der Waals surface area contributed by atoms with Crippen molar-refractivity contribution in [3.05, 3.63) is 24.0 Å². The Morgan fingerprint density at radius 1 is 1.37 bits per heavy atom. The molecular formula is C14H18N2O3. The van der Waals surface area contributed by atoms with Crippen LogP contribution >= 0.6 is 0 Å². The van der Waals surface area contributed by atoms with Crippen LogP contribution in [0.15, 0.2) is 18.3 Å². The van der Waals surface area contributed by atoms with E-state index in [0.717, 1.165) is 6.42 Å². The quantitative estimate of drug-likeness (QED) is 0.855. The van der Waals surface area contributed by atoms with Crippen molar-refractivity contribution >= 4 is 17.6 Å². The number of amides is 1. The monoisotopic (exact) mass is 262 g/mol. The highest BCUT2D eigenvalue weighted by atomic mass is 16.4. The normalized spacial score (nSPS) is 15.4. The van der Waals surface area contributed by atoms with E-state index in [1.165, 1.54) is 31.9 Å². The van der Waals surface area contributed by atoms with Crippen LogP contribution in [0.25, 0.3) is 0 Å². The summed E-state index contributed by atoms with van der Waals surface area (Å²) in [6, 6.07) is 3.17. The molecule has 1 aromatic rings. The van der Waals surface area contributed by atoms with E-state index in [-0.39, 0.29) is 17.3 Å². The lowest BCUT2D eigenvalue weighted by Gasteiger charge is -2.10. The van der Waals surface area contributed by atoms with E-state index in [4.69, 9.17) is 5.11 Å². The first-order valence-electron chi connectivity index (χ1n) is 6.65. The molecule has 5 heteroatoms. The predicted octanol–water partition coefficient (Wildman–Crippen LogP) is 2.69. The van der Waals surface area contributed by atoms with Crippen LogP contribution in [0.1, 0.15) is 49.0 Å². The van der Waals surface area contributed by atoms with Crippen LogP contribution in [-0.4, -0.2) is 22.0 Å². The molecule has 5 nitrogen and oxygen atoms in total. The first-order chi connectivity index (χ1) is 9.16. The molecule has 0 bridgehead atoms. The third kappa shape index (κ3) is 3.77. The maximum absolute atomic E-state index is 11.8. The van der Waals surface area contributed by atoms with Gasteiger partial charge in [-0.2, -0.15) is 0 Å². The van der Waals surface area contributed by atoms with Crippen LogP contribution in [0, 0.1) is 5.92 Å². The van der Waals surface area contributed by atoms with Crippen molar-refractivity contribution in [1.82, 2.24) is 4.98 Å². The van der Waals surface area contributed by atoms with E-state index in [2.05, 4.69) is 10.3 Å². The number of pyridine rings is 1. The fourth-order valence-electron chi connectivity index (χ4n) is 2.52. The van der Waals surface area contributed by atoms with E-state index >= 15 is 0 Å². The highest BCUT2D eigenvalue weighted by Gasteiger charge is 2.17. The zero-order valence-electron chi connectivity index (χ0n) is 10.8. The maximum atomic E-state index is 11.8. The number of aromatic carboxylic acids is 1. The molecule has 1 aliphatic carbocycles. The number of carboxylic acid groups (broad SMARTS) is 1. The number of hydrogen-bond acceptors (Lipinski definition) is 3. The Bertz CT molecular complexity index is 468. The molecule has 0 atom stereocenters. The highest BCUT2D eigenvalue weighted by Crippen LogP contribution is 2.28. The van der Waals surface area contributed by atoms with E-state index < -0.39 is 5.97 Å². The molecule has 0 aromatic carbocycles. The second-order valence-electron chi connectivity index (χ2n) is 4.94. The van der Waals surface area contributed by atoms with Gasteiger partial charge in [0.05, 0.1) is 5.69 Å². The Morgan fingerprint density at radius 2 is 2.11 bits per heavy atom. The number of nitrogens with one attached hydrogen (secondary N) is 1. The molecular weight excluding hydrogens is 244 g/mol. The lowest BCUT2D eigenvalue weighted by atomic mass is 10.0. The van der Waals surface area contributed by atoms with E-state index in [0.29, 0.717) is 12.3 Å². The SMILES string of the molecule is O=C(CCC1CCCC1)Nc1cccnc1C(=O)O. The minimum absolute atomic E-state index is 0.114. The zero-order chi connectivity index (χ0) is 13.7. The first-order valence-corrected chi connectivity index (χ1v) is 6.65. The number of carbonyl (C=O) groups is 2. The first kappa shape index (κ1) is 13.5. The molecule has 0 spiro atoms. The van der Waals surface area contributed by atoms with Gasteiger partial charge < -0.3 is 10.4 Å². The fourth-order valence-corrected chi connectivity index (χ4v) is 2.52. The van der Waals surface area contributed by atoms with Gasteiger partial charge in [-0.1, -0.05) is 25.7 Å². The summed E-state index contributed by atoms with van der Waals surface area (Å²) in [6.45, 7) is 0. The maximum Gasteiger partial charge on any atom is 0.356 e. The van der Waals surface area contributed by atoms with Gasteiger partial charge in [0.25, 0.3) is 0 Å². The number of aromatic nitrogens is 1. The lowest BCUT2D eigenvalue weighted by molar-refractivity contribution is -0.116. The van der Waals surface area contributed by atoms with Gasteiger partial charge >= 0.3 is 5.97 Å². The molecule has 1 aliphatic rings. The molecule has 1 saturated carbocycles. The molecule has 2 N–H and O–H groups in total. The van der Waals surface area contributed by atoms with Crippen molar-refractivity contribution in [1.29, 1.82) is 0 Å². The van der Waals surface area contributed by atoms with Gasteiger partial charge in [0, 0.05) is 12.6 Å². The van der Waals surface area contributed by atoms with Crippen LogP contribution in [0.5, 0.6) is 0 Å². The Labute approximate surface area is 112 Å². The summed E-state index contributed by atoms with van der Waals surface area (Å²) in [4.78, 5) is 26.5. The van der Waals surface area contributed by atoms with E-state index in [9.17, 15) is 9.59 Å². The van der Waals surface area contributed by atoms with Crippen molar-refractivity contribution in [2.75, 3.05) is 5.32 Å². The molecule has 2 rings (SSSR count). The van der Waals surface area contributed by atoms with Crippen molar-refractivity contribution < 1.29 is 14.7 Å². The van der Waals surface area contributed by atoms with E-state index in [1.807, 2.05) is 0 Å². The van der Waals surface area contributed by atoms with Gasteiger partial charge in [-0.15, -0.1) is 0 Å². The van der Waals surface area contributed by atoms with Crippen LogP contribution in [0.3, 0.4) is 0 Å². The minimum Gasteiger partial charge on any atom is -0.476 e. The van der Waals surface area contributed by atoms with Crippen LogP contribution in [0.4, 0.5) is 5.69 Å². The molecule has 1 fully saturated rings. The van der Waals surface area contributed by atoms with Gasteiger partial charge in [-0.3, -0.25) is 4.79 Å². The second kappa shape index (κ2) is 6.31. The summed E-state index contributed by atoms with van der Waals surface area (Å²) in [6.07, 6.45) is 7.67. The average Bonchev–Trinajstić information content (AvgIpc) is 2.90. The number of hydrogen-bond donors (Lipinski definition) is 2. The molecule has 0 radical (unpaired) electrons. The second-order valence-corrected chi connectivity index (χ2v) is 4.94. The summed E-state index contributed by atoms with van der Waals surface area (Å²) < 4.78 is 0. The van der Waals surface area contributed by atoms with Gasteiger partial charge in [0.2, 0.25) is 5.91 Å². The third-order valence-electron chi connectivity index (χ3n) is 3.54. The average molecular weight is 262 g/mol. The number of nitrogens with zero attached hydrogens (tertiary/aromatic N) is 1. The Kier molecular flexibility index (Phi) is 4.49. The number of carboxylic acids is 1. The van der Waals surface area contributed by atoms with Crippen molar-refractivity contribution in [2.45, 2.75) is 38.5 Å². The smallest absolute Gasteiger partial charge is 0.356 e. The van der Waals surface area contributed by atoms with Crippen molar-refractivity contribution in [2.24, 2.45) is 5.92 Å². The lowest BCUT2D eigenvalue weighted by Crippen LogP contribution is -2.16. The molecule has 19 heavy (non-hydrogen) atoms. The number of anilines is 1. The van der Waals surface area contributed by atoms with Crippen LogP contribution in [-0.2, 0) is 4.79 Å². The Morgan fingerprint density at radius 3 is 2.79 bits per heavy atom. The van der Waals surface area contributed by atoms with Gasteiger partial charge in [-0.25, -0.2) is 9.78 Å². The fraction of sp³-hybridized carbons (Fsp3) is 0.500. The third-order valence-corrected chi connectivity index (χ3v) is 3.54. The molecule has 0 unspecified atom stereocenters. The summed E-state index contributed by atoms with van der Waals surface area (Å²) in [5, 5.41) is 11.6. The van der Waals surface area contributed by atoms with Crippen LogP contribution < -0.4 is 5.32 Å². The predicted molar refractivity (Wildman–Crippen MR) is 71.0 cm³/mol. The molecule has 0 saturated heterocycles. The molecule has 1 amide bonds. The Hall–Kier alpha value is -1.91. The van der Waals surface area contributed by atoms with Crippen molar-refractivity contribution in [3.63, 3.8) is 0 Å². The summed E-state index contributed by atoms with van der Waals surface area (Å²) in [7, 11) is 0. The topological polar surface area (TPSA) is 79.3 Å². The zero-order valence-corrected chi connectivity index (χ0v) is 10.8. The van der Waals surface area contributed by atoms with E-state index in [1.54, 1.807) is 12.1 Å². The van der Waals surface area contributed by atoms with Crippen LogP contribution in [0.2, 0.25) is 0 Å². The van der Waals surface area contributed by atoms with Gasteiger partial charge in [0.1, 0.15) is 0 Å². The van der Waals surface area contributed by atoms with Gasteiger partial charge in [-0.05, 0) is 24.5 Å². The summed E-state index contributed by atoms with van der Waals surface area (Å²) in [5.41, 5.74) is 0.156. The van der Waals surface area contributed by atoms with Gasteiger partial charge in [0.15, 0.2) is 5.69 Å². The summed E-state index contributed by atoms with van der Waals surface area (Å²) in [5.74, 6) is -0.618. The number of rotatable bonds is 5. The molecule has 0 aliphatic heterocycles. The minimum atomic E-state index is -1.13. The molecule has 1 aromatic heterocycles. The highest BCUT2D eigenvalue weighted by molar-refractivity contribution is 5.98. The molecule has 1 heterocycles. The number of carbonyl (C=O) groups excluding carboxylic acids is 1. The molecule has 102 valence electrons. The Balaban J connectivity index is 1.89. The summed E-state index contributed by atoms with van der Waals surface area (Å²) >= 11 is 0. The largest absolute Gasteiger partial charge is 0.476 e. The standard InChI is InChI=1S/C14H18N2O3/c17-12(8-7-10-4-1-2-5-10)16-11-6-3-9-15-13(11)14(18)19/h3,6,9-10H,1-2,4-5,7-8H2,(H,16,17)(H,18,19).